The number of pyridine rings is 1. The summed E-state index contributed by atoms with van der Waals surface area (Å²) in [6, 6.07) is 18.3. The largest absolute Gasteiger partial charge is 0.383 e. The quantitative estimate of drug-likeness (QED) is 0.456. The van der Waals surface area contributed by atoms with Crippen LogP contribution in [-0.2, 0) is 29.2 Å². The predicted octanol–water partition coefficient (Wildman–Crippen LogP) is 3.50. The van der Waals surface area contributed by atoms with Crippen LogP contribution in [0.1, 0.15) is 11.3 Å². The van der Waals surface area contributed by atoms with E-state index in [1.165, 1.54) is 10.6 Å². The molecule has 0 bridgehead atoms. The lowest BCUT2D eigenvalue weighted by atomic mass is 10.2. The number of aromatic nitrogens is 3. The lowest BCUT2D eigenvalue weighted by Crippen LogP contribution is -2.26. The van der Waals surface area contributed by atoms with Crippen molar-refractivity contribution in [1.82, 2.24) is 14.3 Å². The van der Waals surface area contributed by atoms with Crippen LogP contribution in [0.25, 0.3) is 16.6 Å². The number of hydrogen-bond donors (Lipinski definition) is 1. The van der Waals surface area contributed by atoms with Crippen LogP contribution in [0.5, 0.6) is 0 Å². The van der Waals surface area contributed by atoms with Gasteiger partial charge in [0.2, 0.25) is 0 Å². The van der Waals surface area contributed by atoms with Crippen LogP contribution in [0.4, 0.5) is 0 Å². The summed E-state index contributed by atoms with van der Waals surface area (Å²) in [5, 5.41) is 3.66. The van der Waals surface area contributed by atoms with Crippen molar-refractivity contribution in [2.24, 2.45) is 0 Å². The summed E-state index contributed by atoms with van der Waals surface area (Å²) in [6.45, 7) is 1.10. The molecule has 4 rings (SSSR count). The summed E-state index contributed by atoms with van der Waals surface area (Å²) < 4.78 is 14.1. The fourth-order valence-corrected chi connectivity index (χ4v) is 3.79. The molecule has 2 aromatic heterocycles. The number of hydrogen-bond acceptors (Lipinski definition) is 4. The monoisotopic (exact) mass is 439 g/mol. The molecule has 0 saturated carbocycles. The van der Waals surface area contributed by atoms with Gasteiger partial charge in [0.1, 0.15) is 0 Å². The van der Waals surface area contributed by atoms with E-state index in [9.17, 15) is 9.59 Å². The molecule has 0 spiro atoms. The molecule has 1 N–H and O–H groups in total. The van der Waals surface area contributed by atoms with Crippen molar-refractivity contribution in [3.8, 4) is 5.69 Å². The first kappa shape index (κ1) is 21.1. The average molecular weight is 440 g/mol. The molecule has 0 fully saturated rings. The van der Waals surface area contributed by atoms with Gasteiger partial charge in [-0.3, -0.25) is 19.4 Å². The molecule has 31 heavy (non-hydrogen) atoms. The smallest absolute Gasteiger partial charge is 0.274 e. The van der Waals surface area contributed by atoms with E-state index in [0.717, 1.165) is 5.56 Å². The Kier molecular flexibility index (Phi) is 6.36. The number of H-pyrrole nitrogens is 1. The Morgan fingerprint density at radius 2 is 1.74 bits per heavy atom. The minimum Gasteiger partial charge on any atom is -0.383 e. The topological polar surface area (TPSA) is 78.2 Å². The van der Waals surface area contributed by atoms with Gasteiger partial charge in [0.05, 0.1) is 47.1 Å². The highest BCUT2D eigenvalue weighted by Gasteiger charge is 2.19. The van der Waals surface area contributed by atoms with Crippen molar-refractivity contribution in [2.75, 3.05) is 13.7 Å². The van der Waals surface area contributed by atoms with Crippen LogP contribution in [0.2, 0.25) is 5.02 Å². The van der Waals surface area contributed by atoms with E-state index in [1.54, 1.807) is 30.0 Å². The molecule has 0 aliphatic heterocycles. The van der Waals surface area contributed by atoms with Gasteiger partial charge in [0.25, 0.3) is 11.1 Å². The zero-order valence-electron chi connectivity index (χ0n) is 17.0. The first-order valence-corrected chi connectivity index (χ1v) is 10.2. The molecule has 8 heteroatoms. The molecular weight excluding hydrogens is 418 g/mol. The third kappa shape index (κ3) is 4.34. The fourth-order valence-electron chi connectivity index (χ4n) is 3.56. The van der Waals surface area contributed by atoms with Crippen molar-refractivity contribution < 1.29 is 9.47 Å². The molecule has 4 aromatic rings. The summed E-state index contributed by atoms with van der Waals surface area (Å²) >= 11 is 6.33. The molecule has 0 radical (unpaired) electrons. The highest BCUT2D eigenvalue weighted by atomic mass is 35.5. The molecule has 2 aromatic carbocycles. The summed E-state index contributed by atoms with van der Waals surface area (Å²) in [6.07, 6.45) is 0. The molecule has 0 saturated heterocycles. The van der Waals surface area contributed by atoms with Gasteiger partial charge in [0, 0.05) is 19.7 Å². The Hall–Kier alpha value is -3.13. The number of aromatic amines is 1. The number of rotatable bonds is 8. The summed E-state index contributed by atoms with van der Waals surface area (Å²) in [4.78, 5) is 25.9. The molecule has 0 aliphatic carbocycles. The lowest BCUT2D eigenvalue weighted by molar-refractivity contribution is 0.100. The zero-order chi connectivity index (χ0) is 21.8. The second-order valence-electron chi connectivity index (χ2n) is 7.04. The van der Waals surface area contributed by atoms with Gasteiger partial charge in [-0.15, -0.1) is 0 Å². The van der Waals surface area contributed by atoms with E-state index in [4.69, 9.17) is 21.1 Å². The normalized spacial score (nSPS) is 11.3. The maximum absolute atomic E-state index is 13.0. The fraction of sp³-hybridized carbons (Fsp3) is 0.217. The van der Waals surface area contributed by atoms with Crippen LogP contribution in [0, 0.1) is 0 Å². The number of methoxy groups -OCH3 is 1. The first-order valence-electron chi connectivity index (χ1n) is 9.83. The first-order chi connectivity index (χ1) is 15.1. The number of nitrogens with one attached hydrogen (secondary N) is 1. The van der Waals surface area contributed by atoms with Crippen molar-refractivity contribution in [1.29, 1.82) is 0 Å². The van der Waals surface area contributed by atoms with Gasteiger partial charge in [0.15, 0.2) is 0 Å². The molecule has 2 heterocycles. The van der Waals surface area contributed by atoms with Crippen LogP contribution in [-0.4, -0.2) is 28.1 Å². The van der Waals surface area contributed by atoms with Gasteiger partial charge < -0.3 is 14.0 Å². The van der Waals surface area contributed by atoms with E-state index in [2.05, 4.69) is 5.10 Å². The van der Waals surface area contributed by atoms with Gasteiger partial charge in [-0.05, 0) is 17.7 Å². The van der Waals surface area contributed by atoms with Crippen molar-refractivity contribution >= 4 is 22.5 Å². The maximum Gasteiger partial charge on any atom is 0.274 e. The Labute approximate surface area is 183 Å². The van der Waals surface area contributed by atoms with Crippen LogP contribution >= 0.6 is 11.6 Å². The van der Waals surface area contributed by atoms with E-state index in [-0.39, 0.29) is 17.7 Å². The highest BCUT2D eigenvalue weighted by Crippen LogP contribution is 2.23. The van der Waals surface area contributed by atoms with E-state index in [0.29, 0.717) is 47.1 Å². The Morgan fingerprint density at radius 1 is 1.00 bits per heavy atom. The van der Waals surface area contributed by atoms with Crippen molar-refractivity contribution in [3.05, 3.63) is 97.7 Å². The molecule has 0 atom stereocenters. The molecule has 7 nitrogen and oxygen atoms in total. The molecular formula is C23H22ClN3O4. The summed E-state index contributed by atoms with van der Waals surface area (Å²) in [7, 11) is 1.57. The number of nitrogens with zero attached hydrogens (tertiary/aromatic N) is 2. The summed E-state index contributed by atoms with van der Waals surface area (Å²) in [5.74, 6) is 0. The standard InChI is InChI=1S/C23H22ClN3O4/c1-30-12-11-26-20(15-31-14-16-7-3-2-4-8-16)22-19(13-21(26)28)27(25-23(22)29)18-10-6-5-9-17(18)24/h2-10,13H,11-12,14-15H2,1H3,(H,25,29). The van der Waals surface area contributed by atoms with Gasteiger partial charge in [-0.1, -0.05) is 54.1 Å². The number of fused-ring (bicyclic) bond motifs is 1. The molecule has 160 valence electrons. The third-order valence-electron chi connectivity index (χ3n) is 5.04. The average Bonchev–Trinajstić information content (AvgIpc) is 3.09. The highest BCUT2D eigenvalue weighted by molar-refractivity contribution is 6.32. The summed E-state index contributed by atoms with van der Waals surface area (Å²) in [5.41, 5.74) is 1.98. The number of para-hydroxylation sites is 1. The van der Waals surface area contributed by atoms with E-state index in [1.807, 2.05) is 36.4 Å². The van der Waals surface area contributed by atoms with Gasteiger partial charge in [-0.2, -0.15) is 0 Å². The van der Waals surface area contributed by atoms with Crippen LogP contribution in [0.15, 0.2) is 70.3 Å². The van der Waals surface area contributed by atoms with Crippen LogP contribution < -0.4 is 11.1 Å². The van der Waals surface area contributed by atoms with Gasteiger partial charge in [-0.25, -0.2) is 0 Å². The van der Waals surface area contributed by atoms with Crippen molar-refractivity contribution in [3.63, 3.8) is 0 Å². The number of ether oxygens (including phenoxy) is 2. The third-order valence-corrected chi connectivity index (χ3v) is 5.36. The van der Waals surface area contributed by atoms with Gasteiger partial charge >= 0.3 is 0 Å². The molecule has 0 unspecified atom stereocenters. The van der Waals surface area contributed by atoms with E-state index < -0.39 is 0 Å². The van der Waals surface area contributed by atoms with Crippen molar-refractivity contribution in [2.45, 2.75) is 19.8 Å². The SMILES string of the molecule is COCCn1c(COCc2ccccc2)c2c(=O)[nH]n(-c3ccccc3Cl)c2cc1=O. The number of benzene rings is 2. The second kappa shape index (κ2) is 9.34. The second-order valence-corrected chi connectivity index (χ2v) is 7.45. The molecule has 0 aliphatic rings. The minimum absolute atomic E-state index is 0.0980. The Morgan fingerprint density at radius 3 is 2.48 bits per heavy atom. The lowest BCUT2D eigenvalue weighted by Gasteiger charge is -2.14. The van der Waals surface area contributed by atoms with Crippen LogP contribution in [0.3, 0.4) is 0 Å². The Balaban J connectivity index is 1.81. The maximum atomic E-state index is 13.0. The Bertz CT molecular complexity index is 1310. The zero-order valence-corrected chi connectivity index (χ0v) is 17.8. The van der Waals surface area contributed by atoms with E-state index >= 15 is 0 Å². The minimum atomic E-state index is -0.320. The molecule has 0 amide bonds. The number of halogens is 1. The predicted molar refractivity (Wildman–Crippen MR) is 120 cm³/mol.